The Morgan fingerprint density at radius 3 is 2.63 bits per heavy atom. The van der Waals surface area contributed by atoms with Crippen molar-refractivity contribution >= 4 is 23.3 Å². The van der Waals surface area contributed by atoms with Gasteiger partial charge in [-0.05, 0) is 19.4 Å². The number of nitro groups is 1. The van der Waals surface area contributed by atoms with E-state index >= 15 is 0 Å². The molecular weight excluding hydrogens is 252 g/mol. The Bertz CT molecular complexity index is 569. The number of hydrogen-bond acceptors (Lipinski definition) is 4. The number of aryl methyl sites for hydroxylation is 1. The molecule has 0 aromatic heterocycles. The van der Waals surface area contributed by atoms with Crippen LogP contribution in [0.25, 0.3) is 0 Å². The van der Waals surface area contributed by atoms with Gasteiger partial charge >= 0.3 is 5.97 Å². The summed E-state index contributed by atoms with van der Waals surface area (Å²) in [6.07, 6.45) is 0.315. The molecule has 7 nitrogen and oxygen atoms in total. The number of carboxylic acids is 1. The molecule has 100 valence electrons. The van der Waals surface area contributed by atoms with Gasteiger partial charge in [-0.2, -0.15) is 0 Å². The van der Waals surface area contributed by atoms with Crippen LogP contribution in [0.4, 0.5) is 11.4 Å². The molecule has 0 bridgehead atoms. The Morgan fingerprint density at radius 1 is 1.42 bits per heavy atom. The molecule has 1 aliphatic rings. The highest BCUT2D eigenvalue weighted by Crippen LogP contribution is 2.39. The van der Waals surface area contributed by atoms with Crippen LogP contribution in [0.1, 0.15) is 12.0 Å². The predicted octanol–water partition coefficient (Wildman–Crippen LogP) is 1.56. The molecule has 0 saturated heterocycles. The lowest BCUT2D eigenvalue weighted by atomic mass is 10.2. The molecule has 1 aromatic rings. The van der Waals surface area contributed by atoms with Gasteiger partial charge in [0.25, 0.3) is 5.69 Å². The van der Waals surface area contributed by atoms with Gasteiger partial charge in [0.1, 0.15) is 0 Å². The molecule has 2 N–H and O–H groups in total. The maximum absolute atomic E-state index is 11.7. The van der Waals surface area contributed by atoms with Crippen LogP contribution in [0.3, 0.4) is 0 Å². The van der Waals surface area contributed by atoms with E-state index in [4.69, 9.17) is 5.11 Å². The van der Waals surface area contributed by atoms with Crippen molar-refractivity contribution in [1.29, 1.82) is 0 Å². The molecular formula is C12H12N2O5. The minimum absolute atomic E-state index is 0.0802. The molecule has 1 aromatic carbocycles. The van der Waals surface area contributed by atoms with Crippen molar-refractivity contribution in [2.75, 3.05) is 5.32 Å². The average molecular weight is 264 g/mol. The molecule has 1 fully saturated rings. The van der Waals surface area contributed by atoms with Gasteiger partial charge < -0.3 is 10.4 Å². The van der Waals surface area contributed by atoms with Crippen molar-refractivity contribution in [3.05, 3.63) is 33.9 Å². The Labute approximate surface area is 108 Å². The molecule has 19 heavy (non-hydrogen) atoms. The number of carbonyl (C=O) groups is 2. The predicted molar refractivity (Wildman–Crippen MR) is 65.7 cm³/mol. The monoisotopic (exact) mass is 264 g/mol. The number of nitrogens with zero attached hydrogens (tertiary/aromatic N) is 1. The number of carboxylic acid groups (broad SMARTS) is 1. The van der Waals surface area contributed by atoms with Gasteiger partial charge in [0.05, 0.1) is 16.8 Å². The summed E-state index contributed by atoms with van der Waals surface area (Å²) >= 11 is 0. The van der Waals surface area contributed by atoms with E-state index in [1.165, 1.54) is 12.1 Å². The molecule has 1 amide bonds. The highest BCUT2D eigenvalue weighted by atomic mass is 16.6. The number of amides is 1. The third-order valence-electron chi connectivity index (χ3n) is 3.12. The van der Waals surface area contributed by atoms with Crippen LogP contribution in [0.5, 0.6) is 0 Å². The fourth-order valence-corrected chi connectivity index (χ4v) is 1.88. The van der Waals surface area contributed by atoms with Crippen LogP contribution in [-0.4, -0.2) is 21.9 Å². The number of nitro benzene ring substituents is 1. The number of nitrogens with one attached hydrogen (secondary N) is 1. The van der Waals surface area contributed by atoms with Crippen molar-refractivity contribution < 1.29 is 19.6 Å². The largest absolute Gasteiger partial charge is 0.481 e. The van der Waals surface area contributed by atoms with Gasteiger partial charge in [-0.3, -0.25) is 19.7 Å². The van der Waals surface area contributed by atoms with Crippen LogP contribution in [0, 0.1) is 28.9 Å². The fourth-order valence-electron chi connectivity index (χ4n) is 1.88. The first kappa shape index (κ1) is 13.0. The highest BCUT2D eigenvalue weighted by Gasteiger charge is 2.48. The lowest BCUT2D eigenvalue weighted by Gasteiger charge is -2.05. The molecule has 0 spiro atoms. The second-order valence-corrected chi connectivity index (χ2v) is 4.53. The van der Waals surface area contributed by atoms with Crippen molar-refractivity contribution in [1.82, 2.24) is 0 Å². The summed E-state index contributed by atoms with van der Waals surface area (Å²) in [5.41, 5.74) is 0.722. The van der Waals surface area contributed by atoms with E-state index in [0.29, 0.717) is 17.7 Å². The molecule has 0 aliphatic heterocycles. The topological polar surface area (TPSA) is 110 Å². The Kier molecular flexibility index (Phi) is 3.20. The van der Waals surface area contributed by atoms with Crippen LogP contribution >= 0.6 is 0 Å². The van der Waals surface area contributed by atoms with E-state index < -0.39 is 28.6 Å². The Balaban J connectivity index is 2.08. The lowest BCUT2D eigenvalue weighted by Crippen LogP contribution is -2.16. The number of carbonyl (C=O) groups excluding carboxylic acids is 1. The van der Waals surface area contributed by atoms with Gasteiger partial charge in [0, 0.05) is 17.3 Å². The number of hydrogen-bond donors (Lipinski definition) is 2. The van der Waals surface area contributed by atoms with E-state index in [0.717, 1.165) is 0 Å². The smallest absolute Gasteiger partial charge is 0.307 e. The van der Waals surface area contributed by atoms with Gasteiger partial charge in [-0.15, -0.1) is 0 Å². The maximum Gasteiger partial charge on any atom is 0.307 e. The standard InChI is InChI=1S/C12H12N2O5/c1-6-2-3-7(4-10(6)14(18)19)13-11(15)8-5-9(8)12(16)17/h2-4,8-9H,5H2,1H3,(H,13,15)(H,16,17)/t8-,9+/m1/s1. The molecule has 2 atom stereocenters. The number of anilines is 1. The third kappa shape index (κ3) is 2.70. The number of aliphatic carboxylic acids is 1. The van der Waals surface area contributed by atoms with Crippen LogP contribution in [-0.2, 0) is 9.59 Å². The minimum atomic E-state index is -0.991. The van der Waals surface area contributed by atoms with E-state index in [9.17, 15) is 19.7 Å². The van der Waals surface area contributed by atoms with Gasteiger partial charge in [-0.25, -0.2) is 0 Å². The van der Waals surface area contributed by atoms with Crippen molar-refractivity contribution in [3.63, 3.8) is 0 Å². The van der Waals surface area contributed by atoms with E-state index in [-0.39, 0.29) is 5.69 Å². The summed E-state index contributed by atoms with van der Waals surface area (Å²) in [6, 6.07) is 4.36. The van der Waals surface area contributed by atoms with Crippen molar-refractivity contribution in [2.45, 2.75) is 13.3 Å². The molecule has 0 heterocycles. The Hall–Kier alpha value is -2.44. The number of rotatable bonds is 4. The van der Waals surface area contributed by atoms with Gasteiger partial charge in [0.15, 0.2) is 0 Å². The first-order chi connectivity index (χ1) is 8.90. The maximum atomic E-state index is 11.7. The van der Waals surface area contributed by atoms with Gasteiger partial charge in [-0.1, -0.05) is 6.07 Å². The van der Waals surface area contributed by atoms with Gasteiger partial charge in [0.2, 0.25) is 5.91 Å². The summed E-state index contributed by atoms with van der Waals surface area (Å²) in [6.45, 7) is 1.60. The third-order valence-corrected chi connectivity index (χ3v) is 3.12. The van der Waals surface area contributed by atoms with Crippen LogP contribution in [0.2, 0.25) is 0 Å². The van der Waals surface area contributed by atoms with Crippen molar-refractivity contribution in [2.24, 2.45) is 11.8 Å². The van der Waals surface area contributed by atoms with E-state index in [2.05, 4.69) is 5.32 Å². The molecule has 1 aliphatic carbocycles. The highest BCUT2D eigenvalue weighted by molar-refractivity contribution is 5.98. The number of benzene rings is 1. The summed E-state index contributed by atoms with van der Waals surface area (Å²) in [5.74, 6) is -2.58. The summed E-state index contributed by atoms with van der Waals surface area (Å²) in [7, 11) is 0. The normalized spacial score (nSPS) is 20.7. The first-order valence-electron chi connectivity index (χ1n) is 5.69. The summed E-state index contributed by atoms with van der Waals surface area (Å²) in [5, 5.41) is 22.0. The van der Waals surface area contributed by atoms with Crippen molar-refractivity contribution in [3.8, 4) is 0 Å². The summed E-state index contributed by atoms with van der Waals surface area (Å²) in [4.78, 5) is 32.6. The van der Waals surface area contributed by atoms with E-state index in [1.807, 2.05) is 0 Å². The molecule has 7 heteroatoms. The lowest BCUT2D eigenvalue weighted by molar-refractivity contribution is -0.385. The molecule has 2 rings (SSSR count). The zero-order valence-electron chi connectivity index (χ0n) is 10.1. The molecule has 0 radical (unpaired) electrons. The fraction of sp³-hybridized carbons (Fsp3) is 0.333. The second kappa shape index (κ2) is 4.68. The minimum Gasteiger partial charge on any atom is -0.481 e. The zero-order valence-corrected chi connectivity index (χ0v) is 10.1. The summed E-state index contributed by atoms with van der Waals surface area (Å²) < 4.78 is 0. The SMILES string of the molecule is Cc1ccc(NC(=O)[C@@H]2C[C@@H]2C(=O)O)cc1[N+](=O)[O-]. The molecule has 1 saturated carbocycles. The van der Waals surface area contributed by atoms with Crippen LogP contribution < -0.4 is 5.32 Å². The quantitative estimate of drug-likeness (QED) is 0.633. The zero-order chi connectivity index (χ0) is 14.2. The Morgan fingerprint density at radius 2 is 2.11 bits per heavy atom. The second-order valence-electron chi connectivity index (χ2n) is 4.53. The van der Waals surface area contributed by atoms with Crippen LogP contribution in [0.15, 0.2) is 18.2 Å². The van der Waals surface area contributed by atoms with E-state index in [1.54, 1.807) is 13.0 Å². The average Bonchev–Trinajstić information content (AvgIpc) is 3.11. The molecule has 0 unspecified atom stereocenters. The first-order valence-corrected chi connectivity index (χ1v) is 5.69.